The largest absolute Gasteiger partial charge is 0.497 e. The Balaban J connectivity index is 1.53. The van der Waals surface area contributed by atoms with Crippen molar-refractivity contribution in [1.82, 2.24) is 9.78 Å². The first-order chi connectivity index (χ1) is 19.2. The summed E-state index contributed by atoms with van der Waals surface area (Å²) in [6.45, 7) is 3.67. The maximum Gasteiger partial charge on any atom is 0.269 e. The quantitative estimate of drug-likeness (QED) is 0.215. The molecule has 3 N–H and O–H groups in total. The summed E-state index contributed by atoms with van der Waals surface area (Å²) < 4.78 is 6.73. The van der Waals surface area contributed by atoms with Crippen molar-refractivity contribution in [3.8, 4) is 5.75 Å². The fourth-order valence-electron chi connectivity index (χ4n) is 4.60. The van der Waals surface area contributed by atoms with Crippen LogP contribution in [0.3, 0.4) is 0 Å². The third-order valence-corrected chi connectivity index (χ3v) is 6.56. The van der Waals surface area contributed by atoms with Crippen LogP contribution in [0, 0.1) is 17.0 Å². The molecule has 0 aliphatic carbocycles. The molecule has 40 heavy (non-hydrogen) atoms. The molecule has 0 fully saturated rings. The SMILES string of the molecule is COc1ccc(NC(=O)C2=C(C)Nc3c(C(=O)Nc4cccc(C)c4)cnn3C2c2ccc([N+](=O)[O-])cc2)cc1. The van der Waals surface area contributed by atoms with E-state index in [1.807, 2.05) is 25.1 Å². The Kier molecular flexibility index (Phi) is 7.02. The summed E-state index contributed by atoms with van der Waals surface area (Å²) in [5, 5.41) is 24.7. The molecule has 2 heterocycles. The van der Waals surface area contributed by atoms with Gasteiger partial charge >= 0.3 is 0 Å². The number of amides is 2. The molecule has 3 aromatic carbocycles. The number of hydrogen-bond donors (Lipinski definition) is 3. The van der Waals surface area contributed by atoms with Gasteiger partial charge in [-0.1, -0.05) is 12.1 Å². The third kappa shape index (κ3) is 5.12. The van der Waals surface area contributed by atoms with Crippen molar-refractivity contribution in [2.24, 2.45) is 0 Å². The van der Waals surface area contributed by atoms with Gasteiger partial charge in [-0.2, -0.15) is 5.10 Å². The number of aryl methyl sites for hydroxylation is 1. The molecular weight excluding hydrogens is 512 g/mol. The fraction of sp³-hybridized carbons (Fsp3) is 0.138. The fourth-order valence-corrected chi connectivity index (χ4v) is 4.60. The monoisotopic (exact) mass is 538 g/mol. The van der Waals surface area contributed by atoms with E-state index in [0.717, 1.165) is 5.56 Å². The number of rotatable bonds is 7. The molecule has 0 saturated heterocycles. The van der Waals surface area contributed by atoms with E-state index in [1.54, 1.807) is 61.2 Å². The Hall–Kier alpha value is -5.45. The van der Waals surface area contributed by atoms with Crippen molar-refractivity contribution in [2.75, 3.05) is 23.1 Å². The Bertz CT molecular complexity index is 1640. The lowest BCUT2D eigenvalue weighted by molar-refractivity contribution is -0.384. The number of methoxy groups -OCH3 is 1. The zero-order chi connectivity index (χ0) is 28.4. The molecule has 11 nitrogen and oxygen atoms in total. The van der Waals surface area contributed by atoms with E-state index in [2.05, 4.69) is 21.0 Å². The number of benzene rings is 3. The first-order valence-corrected chi connectivity index (χ1v) is 12.4. The van der Waals surface area contributed by atoms with Crippen LogP contribution in [-0.2, 0) is 4.79 Å². The van der Waals surface area contributed by atoms with E-state index in [4.69, 9.17) is 4.74 Å². The third-order valence-electron chi connectivity index (χ3n) is 6.56. The lowest BCUT2D eigenvalue weighted by Gasteiger charge is -2.30. The number of ether oxygens (including phenoxy) is 1. The Morgan fingerprint density at radius 1 is 0.975 bits per heavy atom. The molecular formula is C29H26N6O5. The number of anilines is 3. The van der Waals surface area contributed by atoms with E-state index in [0.29, 0.717) is 39.8 Å². The molecule has 1 aliphatic heterocycles. The average Bonchev–Trinajstić information content (AvgIpc) is 3.36. The van der Waals surface area contributed by atoms with Crippen LogP contribution in [-0.4, -0.2) is 33.6 Å². The molecule has 4 aromatic rings. The van der Waals surface area contributed by atoms with Gasteiger partial charge in [0.1, 0.15) is 23.2 Å². The van der Waals surface area contributed by atoms with Crippen LogP contribution in [0.5, 0.6) is 5.75 Å². The molecule has 0 spiro atoms. The van der Waals surface area contributed by atoms with Gasteiger partial charge in [0, 0.05) is 29.2 Å². The van der Waals surface area contributed by atoms with Crippen molar-refractivity contribution in [3.63, 3.8) is 0 Å². The van der Waals surface area contributed by atoms with Crippen LogP contribution in [0.2, 0.25) is 0 Å². The second-order valence-corrected chi connectivity index (χ2v) is 9.27. The minimum absolute atomic E-state index is 0.0819. The number of fused-ring (bicyclic) bond motifs is 1. The van der Waals surface area contributed by atoms with Crippen molar-refractivity contribution in [2.45, 2.75) is 19.9 Å². The Morgan fingerprint density at radius 3 is 2.33 bits per heavy atom. The summed E-state index contributed by atoms with van der Waals surface area (Å²) in [7, 11) is 1.56. The highest BCUT2D eigenvalue weighted by molar-refractivity contribution is 6.09. The van der Waals surface area contributed by atoms with E-state index >= 15 is 0 Å². The minimum atomic E-state index is -0.768. The van der Waals surface area contributed by atoms with Crippen molar-refractivity contribution < 1.29 is 19.2 Å². The highest BCUT2D eigenvalue weighted by atomic mass is 16.6. The van der Waals surface area contributed by atoms with Crippen LogP contribution in [0.15, 0.2) is 90.3 Å². The molecule has 2 amide bonds. The van der Waals surface area contributed by atoms with E-state index in [1.165, 1.54) is 18.3 Å². The Morgan fingerprint density at radius 2 is 1.68 bits per heavy atom. The van der Waals surface area contributed by atoms with Crippen molar-refractivity contribution in [1.29, 1.82) is 0 Å². The molecule has 202 valence electrons. The summed E-state index contributed by atoms with van der Waals surface area (Å²) >= 11 is 0. The second kappa shape index (κ2) is 10.7. The van der Waals surface area contributed by atoms with Gasteiger partial charge in [0.15, 0.2) is 0 Å². The number of nitrogens with zero attached hydrogens (tertiary/aromatic N) is 3. The minimum Gasteiger partial charge on any atom is -0.497 e. The predicted octanol–water partition coefficient (Wildman–Crippen LogP) is 5.29. The summed E-state index contributed by atoms with van der Waals surface area (Å²) in [6.07, 6.45) is 1.43. The number of hydrogen-bond acceptors (Lipinski definition) is 7. The topological polar surface area (TPSA) is 140 Å². The van der Waals surface area contributed by atoms with Gasteiger partial charge in [0.25, 0.3) is 17.5 Å². The molecule has 0 radical (unpaired) electrons. The van der Waals surface area contributed by atoms with Gasteiger partial charge in [-0.05, 0) is 73.5 Å². The lowest BCUT2D eigenvalue weighted by Crippen LogP contribution is -2.32. The van der Waals surface area contributed by atoms with Gasteiger partial charge in [0.2, 0.25) is 0 Å². The zero-order valence-electron chi connectivity index (χ0n) is 22.0. The van der Waals surface area contributed by atoms with E-state index in [9.17, 15) is 19.7 Å². The molecule has 11 heteroatoms. The maximum absolute atomic E-state index is 13.6. The zero-order valence-corrected chi connectivity index (χ0v) is 22.0. The van der Waals surface area contributed by atoms with Crippen molar-refractivity contribution >= 4 is 34.7 Å². The summed E-state index contributed by atoms with van der Waals surface area (Å²) in [4.78, 5) is 37.7. The lowest BCUT2D eigenvalue weighted by atomic mass is 9.94. The average molecular weight is 539 g/mol. The molecule has 0 saturated carbocycles. The van der Waals surface area contributed by atoms with Gasteiger partial charge in [-0.15, -0.1) is 0 Å². The molecule has 0 bridgehead atoms. The van der Waals surface area contributed by atoms with Gasteiger partial charge in [-0.3, -0.25) is 19.7 Å². The normalized spacial score (nSPS) is 14.1. The van der Waals surface area contributed by atoms with Crippen LogP contribution >= 0.6 is 0 Å². The smallest absolute Gasteiger partial charge is 0.269 e. The Labute approximate surface area is 229 Å². The van der Waals surface area contributed by atoms with Crippen molar-refractivity contribution in [3.05, 3.63) is 117 Å². The molecule has 1 atom stereocenters. The molecule has 1 aromatic heterocycles. The number of allylic oxidation sites excluding steroid dienone is 1. The number of aromatic nitrogens is 2. The van der Waals surface area contributed by atoms with E-state index < -0.39 is 16.9 Å². The summed E-state index contributed by atoms with van der Waals surface area (Å²) in [6, 6.07) is 19.5. The molecule has 1 unspecified atom stereocenters. The first-order valence-electron chi connectivity index (χ1n) is 12.4. The number of non-ortho nitro benzene ring substituents is 1. The first kappa shape index (κ1) is 26.2. The van der Waals surface area contributed by atoms with E-state index in [-0.39, 0.29) is 17.2 Å². The number of carbonyl (C=O) groups excluding carboxylic acids is 2. The number of carbonyl (C=O) groups is 2. The van der Waals surface area contributed by atoms with Gasteiger partial charge in [-0.25, -0.2) is 4.68 Å². The van der Waals surface area contributed by atoms with Crippen LogP contribution in [0.4, 0.5) is 22.9 Å². The number of nitro groups is 1. The van der Waals surface area contributed by atoms with Crippen LogP contribution in [0.25, 0.3) is 0 Å². The summed E-state index contributed by atoms with van der Waals surface area (Å²) in [5.41, 5.74) is 3.82. The molecule has 5 rings (SSSR count). The number of nitrogens with one attached hydrogen (secondary N) is 3. The standard InChI is InChI=1S/C29H26N6O5/c1-17-5-4-6-21(15-17)33-28(36)24-16-30-34-26(19-7-11-22(12-8-19)35(38)39)25(18(2)31-27(24)34)29(37)32-20-9-13-23(40-3)14-10-20/h4-16,26,31H,1-3H3,(H,32,37)(H,33,36). The second-order valence-electron chi connectivity index (χ2n) is 9.27. The van der Waals surface area contributed by atoms with Crippen LogP contribution < -0.4 is 20.7 Å². The highest BCUT2D eigenvalue weighted by Crippen LogP contribution is 2.38. The van der Waals surface area contributed by atoms with Gasteiger partial charge < -0.3 is 20.7 Å². The predicted molar refractivity (Wildman–Crippen MR) is 151 cm³/mol. The summed E-state index contributed by atoms with van der Waals surface area (Å²) in [5.74, 6) is 0.271. The van der Waals surface area contributed by atoms with Gasteiger partial charge in [0.05, 0.1) is 23.8 Å². The molecule has 1 aliphatic rings. The van der Waals surface area contributed by atoms with Crippen LogP contribution in [0.1, 0.15) is 34.5 Å². The maximum atomic E-state index is 13.6. The highest BCUT2D eigenvalue weighted by Gasteiger charge is 2.35. The number of nitro benzene ring substituents is 1.